The molecule has 0 radical (unpaired) electrons. The van der Waals surface area contributed by atoms with Crippen molar-refractivity contribution in [2.75, 3.05) is 33.4 Å². The fraction of sp³-hybridized carbons (Fsp3) is 1.00. The minimum atomic E-state index is 0.261. The van der Waals surface area contributed by atoms with Crippen LogP contribution < -0.4 is 0 Å². The predicted octanol–water partition coefficient (Wildman–Crippen LogP) is 1.36. The van der Waals surface area contributed by atoms with Gasteiger partial charge in [-0.05, 0) is 31.7 Å². The maximum Gasteiger partial charge on any atom is 0.0589 e. The highest BCUT2D eigenvalue weighted by atomic mass is 16.5. The third-order valence-corrected chi connectivity index (χ3v) is 3.41. The van der Waals surface area contributed by atoms with Crippen molar-refractivity contribution >= 4 is 0 Å². The Bertz CT molecular complexity index is 167. The summed E-state index contributed by atoms with van der Waals surface area (Å²) in [5, 5.41) is 9.33. The number of nitrogens with zero attached hydrogens (tertiary/aromatic N) is 1. The van der Waals surface area contributed by atoms with E-state index in [9.17, 15) is 5.11 Å². The fourth-order valence-electron chi connectivity index (χ4n) is 2.33. The standard InChI is InChI=1S/C12H25NO2/c1-10(2)12(9-14)13(3)8-11-4-6-15-7-5-11/h10-12,14H,4-9H2,1-3H3. The minimum absolute atomic E-state index is 0.261. The number of aliphatic hydroxyl groups is 1. The Kier molecular flexibility index (Phi) is 5.58. The van der Waals surface area contributed by atoms with Crippen LogP contribution in [0.1, 0.15) is 26.7 Å². The molecule has 0 bridgehead atoms. The molecule has 1 rings (SSSR count). The molecule has 0 aromatic rings. The van der Waals surface area contributed by atoms with Crippen LogP contribution in [0, 0.1) is 11.8 Å². The molecule has 0 aliphatic carbocycles. The monoisotopic (exact) mass is 215 g/mol. The maximum atomic E-state index is 9.33. The second kappa shape index (κ2) is 6.46. The molecule has 1 unspecified atom stereocenters. The Morgan fingerprint density at radius 2 is 1.93 bits per heavy atom. The van der Waals surface area contributed by atoms with Crippen LogP contribution in [0.2, 0.25) is 0 Å². The Balaban J connectivity index is 2.34. The van der Waals surface area contributed by atoms with Gasteiger partial charge in [0.15, 0.2) is 0 Å². The molecule has 3 nitrogen and oxygen atoms in total. The zero-order valence-electron chi connectivity index (χ0n) is 10.3. The molecule has 1 heterocycles. The highest BCUT2D eigenvalue weighted by molar-refractivity contribution is 4.75. The van der Waals surface area contributed by atoms with Gasteiger partial charge in [-0.25, -0.2) is 0 Å². The quantitative estimate of drug-likeness (QED) is 0.751. The molecular formula is C12H25NO2. The molecule has 3 heteroatoms. The summed E-state index contributed by atoms with van der Waals surface area (Å²) in [6.07, 6.45) is 2.33. The molecule has 1 fully saturated rings. The van der Waals surface area contributed by atoms with E-state index in [0.717, 1.165) is 25.7 Å². The largest absolute Gasteiger partial charge is 0.395 e. The Hall–Kier alpha value is -0.120. The molecule has 1 aliphatic rings. The molecule has 1 N–H and O–H groups in total. The molecule has 15 heavy (non-hydrogen) atoms. The predicted molar refractivity (Wildman–Crippen MR) is 61.9 cm³/mol. The van der Waals surface area contributed by atoms with Gasteiger partial charge in [-0.2, -0.15) is 0 Å². The van der Waals surface area contributed by atoms with Crippen LogP contribution in [0.4, 0.5) is 0 Å². The lowest BCUT2D eigenvalue weighted by molar-refractivity contribution is 0.0378. The second-order valence-electron chi connectivity index (χ2n) is 4.99. The summed E-state index contributed by atoms with van der Waals surface area (Å²) in [7, 11) is 2.12. The van der Waals surface area contributed by atoms with Gasteiger partial charge in [0.1, 0.15) is 0 Å². The van der Waals surface area contributed by atoms with Crippen molar-refractivity contribution in [3.63, 3.8) is 0 Å². The minimum Gasteiger partial charge on any atom is -0.395 e. The Morgan fingerprint density at radius 3 is 2.40 bits per heavy atom. The highest BCUT2D eigenvalue weighted by Gasteiger charge is 2.22. The van der Waals surface area contributed by atoms with E-state index in [-0.39, 0.29) is 6.61 Å². The van der Waals surface area contributed by atoms with Gasteiger partial charge < -0.3 is 14.7 Å². The van der Waals surface area contributed by atoms with Crippen molar-refractivity contribution in [2.45, 2.75) is 32.7 Å². The molecule has 1 saturated heterocycles. The van der Waals surface area contributed by atoms with Crippen molar-refractivity contribution in [1.82, 2.24) is 4.90 Å². The molecule has 0 saturated carbocycles. The lowest BCUT2D eigenvalue weighted by Crippen LogP contribution is -2.42. The normalized spacial score (nSPS) is 21.2. The van der Waals surface area contributed by atoms with Crippen LogP contribution in [0.15, 0.2) is 0 Å². The van der Waals surface area contributed by atoms with Crippen LogP contribution in [-0.2, 0) is 4.74 Å². The molecule has 0 aromatic carbocycles. The fourth-order valence-corrected chi connectivity index (χ4v) is 2.33. The molecular weight excluding hydrogens is 190 g/mol. The van der Waals surface area contributed by atoms with Gasteiger partial charge in [0.05, 0.1) is 6.61 Å². The van der Waals surface area contributed by atoms with Crippen molar-refractivity contribution in [3.05, 3.63) is 0 Å². The Labute approximate surface area is 93.4 Å². The molecule has 90 valence electrons. The SMILES string of the molecule is CC(C)C(CO)N(C)CC1CCOCC1. The lowest BCUT2D eigenvalue weighted by atomic mass is 9.97. The van der Waals surface area contributed by atoms with Crippen LogP contribution in [0.3, 0.4) is 0 Å². The van der Waals surface area contributed by atoms with Gasteiger partial charge in [-0.15, -0.1) is 0 Å². The zero-order valence-corrected chi connectivity index (χ0v) is 10.3. The second-order valence-corrected chi connectivity index (χ2v) is 4.99. The molecule has 1 atom stereocenters. The van der Waals surface area contributed by atoms with Gasteiger partial charge in [-0.3, -0.25) is 0 Å². The number of ether oxygens (including phenoxy) is 1. The first kappa shape index (κ1) is 12.9. The third kappa shape index (κ3) is 4.09. The molecule has 0 aromatic heterocycles. The first-order chi connectivity index (χ1) is 7.15. The number of aliphatic hydroxyl groups excluding tert-OH is 1. The summed E-state index contributed by atoms with van der Waals surface area (Å²) in [5.41, 5.74) is 0. The summed E-state index contributed by atoms with van der Waals surface area (Å²) < 4.78 is 5.35. The summed E-state index contributed by atoms with van der Waals surface area (Å²) in [6, 6.07) is 0.299. The van der Waals surface area contributed by atoms with Crippen molar-refractivity contribution in [2.24, 2.45) is 11.8 Å². The van der Waals surface area contributed by atoms with E-state index in [0.29, 0.717) is 12.0 Å². The summed E-state index contributed by atoms with van der Waals surface area (Å²) >= 11 is 0. The van der Waals surface area contributed by atoms with Crippen LogP contribution in [-0.4, -0.2) is 49.5 Å². The number of hydrogen-bond donors (Lipinski definition) is 1. The van der Waals surface area contributed by atoms with Crippen molar-refractivity contribution < 1.29 is 9.84 Å². The van der Waals surface area contributed by atoms with Crippen LogP contribution >= 0.6 is 0 Å². The van der Waals surface area contributed by atoms with E-state index in [2.05, 4.69) is 25.8 Å². The van der Waals surface area contributed by atoms with Crippen LogP contribution in [0.25, 0.3) is 0 Å². The van der Waals surface area contributed by atoms with Gasteiger partial charge in [-0.1, -0.05) is 13.8 Å². The first-order valence-corrected chi connectivity index (χ1v) is 6.04. The van der Waals surface area contributed by atoms with Crippen molar-refractivity contribution in [3.8, 4) is 0 Å². The third-order valence-electron chi connectivity index (χ3n) is 3.41. The van der Waals surface area contributed by atoms with Gasteiger partial charge >= 0.3 is 0 Å². The van der Waals surface area contributed by atoms with Crippen LogP contribution in [0.5, 0.6) is 0 Å². The average Bonchev–Trinajstić information content (AvgIpc) is 2.19. The summed E-state index contributed by atoms with van der Waals surface area (Å²) in [6.45, 7) is 7.50. The van der Waals surface area contributed by atoms with Gasteiger partial charge in [0.2, 0.25) is 0 Å². The van der Waals surface area contributed by atoms with E-state index in [1.54, 1.807) is 0 Å². The number of hydrogen-bond acceptors (Lipinski definition) is 3. The highest BCUT2D eigenvalue weighted by Crippen LogP contribution is 2.18. The van der Waals surface area contributed by atoms with E-state index in [4.69, 9.17) is 4.74 Å². The lowest BCUT2D eigenvalue weighted by Gasteiger charge is -2.33. The van der Waals surface area contributed by atoms with Gasteiger partial charge in [0.25, 0.3) is 0 Å². The Morgan fingerprint density at radius 1 is 1.33 bits per heavy atom. The van der Waals surface area contributed by atoms with E-state index < -0.39 is 0 Å². The van der Waals surface area contributed by atoms with Gasteiger partial charge in [0, 0.05) is 25.8 Å². The number of likely N-dealkylation sites (N-methyl/N-ethyl adjacent to an activating group) is 1. The number of rotatable bonds is 5. The first-order valence-electron chi connectivity index (χ1n) is 6.04. The van der Waals surface area contributed by atoms with E-state index in [1.165, 1.54) is 12.8 Å². The smallest absolute Gasteiger partial charge is 0.0589 e. The zero-order chi connectivity index (χ0) is 11.3. The summed E-state index contributed by atoms with van der Waals surface area (Å²) in [4.78, 5) is 2.31. The summed E-state index contributed by atoms with van der Waals surface area (Å²) in [5.74, 6) is 1.26. The molecule has 0 spiro atoms. The molecule has 1 aliphatic heterocycles. The maximum absolute atomic E-state index is 9.33. The van der Waals surface area contributed by atoms with E-state index in [1.807, 2.05) is 0 Å². The molecule has 0 amide bonds. The van der Waals surface area contributed by atoms with E-state index >= 15 is 0 Å². The average molecular weight is 215 g/mol. The van der Waals surface area contributed by atoms with Crippen molar-refractivity contribution in [1.29, 1.82) is 0 Å². The topological polar surface area (TPSA) is 32.7 Å².